The molecule has 0 unspecified atom stereocenters. The molecule has 0 fully saturated rings. The van der Waals surface area contributed by atoms with Crippen molar-refractivity contribution in [3.8, 4) is 11.5 Å². The molecule has 10 heteroatoms. The van der Waals surface area contributed by atoms with Crippen LogP contribution in [0.4, 0.5) is 0 Å². The van der Waals surface area contributed by atoms with Crippen molar-refractivity contribution in [2.24, 2.45) is 0 Å². The molecule has 0 radical (unpaired) electrons. The highest BCUT2D eigenvalue weighted by atomic mass is 16.7. The third-order valence-corrected chi connectivity index (χ3v) is 3.94. The maximum Gasteiger partial charge on any atom is 0.330 e. The quantitative estimate of drug-likeness (QED) is 0.242. The molecule has 0 atom stereocenters. The molecule has 0 bridgehead atoms. The lowest BCUT2D eigenvalue weighted by molar-refractivity contribution is -0.143. The molecule has 0 aromatic carbocycles. The Morgan fingerprint density at radius 1 is 0.882 bits per heavy atom. The predicted molar refractivity (Wildman–Crippen MR) is 124 cm³/mol. The largest absolute Gasteiger partial charge is 0.466 e. The first-order valence-corrected chi connectivity index (χ1v) is 10.7. The normalized spacial score (nSPS) is 10.2. The fourth-order valence-electron chi connectivity index (χ4n) is 2.46. The second-order valence-electron chi connectivity index (χ2n) is 6.39. The van der Waals surface area contributed by atoms with Gasteiger partial charge in [0.2, 0.25) is 0 Å². The molecule has 0 aliphatic carbocycles. The third kappa shape index (κ3) is 11.9. The molecule has 0 saturated heterocycles. The summed E-state index contributed by atoms with van der Waals surface area (Å²) in [4.78, 5) is 30.3. The van der Waals surface area contributed by atoms with E-state index in [2.05, 4.69) is 9.97 Å². The van der Waals surface area contributed by atoms with Gasteiger partial charge >= 0.3 is 11.9 Å². The van der Waals surface area contributed by atoms with Crippen LogP contribution in [0.1, 0.15) is 31.4 Å². The molecular formula is C24H32N2O8. The number of hydrogen-bond donors (Lipinski definition) is 0. The summed E-state index contributed by atoms with van der Waals surface area (Å²) in [6, 6.07) is 3.56. The molecule has 0 N–H and O–H groups in total. The van der Waals surface area contributed by atoms with Crippen molar-refractivity contribution in [1.29, 1.82) is 0 Å². The van der Waals surface area contributed by atoms with Gasteiger partial charge in [-0.2, -0.15) is 0 Å². The van der Waals surface area contributed by atoms with Crippen LogP contribution in [0.5, 0.6) is 11.5 Å². The van der Waals surface area contributed by atoms with Crippen LogP contribution in [0.3, 0.4) is 0 Å². The smallest absolute Gasteiger partial charge is 0.330 e. The zero-order chi connectivity index (χ0) is 25.0. The molecule has 2 aromatic heterocycles. The number of ether oxygens (including phenoxy) is 6. The fourth-order valence-corrected chi connectivity index (χ4v) is 2.46. The number of carbonyl (C=O) groups excluding carboxylic acids is 2. The van der Waals surface area contributed by atoms with Crippen molar-refractivity contribution < 1.29 is 38.0 Å². The molecule has 10 nitrogen and oxygen atoms in total. The van der Waals surface area contributed by atoms with E-state index in [1.54, 1.807) is 57.9 Å². The van der Waals surface area contributed by atoms with Crippen LogP contribution in [0.2, 0.25) is 0 Å². The van der Waals surface area contributed by atoms with Crippen molar-refractivity contribution >= 4 is 18.0 Å². The summed E-state index contributed by atoms with van der Waals surface area (Å²) in [6.45, 7) is 4.60. The standard InChI is InChI=1S/C12H17NO4.C12H15NO4/c2*1-3-16-12(14)5-4-10-6-7-13-8-11(10)17-9-15-2/h6-8H,3-5,9H2,1-2H3;4-8H,3,9H2,1-2H3. The number of pyridine rings is 2. The lowest BCUT2D eigenvalue weighted by Crippen LogP contribution is -2.07. The predicted octanol–water partition coefficient (Wildman–Crippen LogP) is 3.20. The summed E-state index contributed by atoms with van der Waals surface area (Å²) in [5.41, 5.74) is 1.66. The van der Waals surface area contributed by atoms with E-state index >= 15 is 0 Å². The first-order chi connectivity index (χ1) is 16.5. The second kappa shape index (κ2) is 18.0. The summed E-state index contributed by atoms with van der Waals surface area (Å²) < 4.78 is 29.9. The minimum absolute atomic E-state index is 0.131. The van der Waals surface area contributed by atoms with Gasteiger partial charge in [-0.3, -0.25) is 14.8 Å². The highest BCUT2D eigenvalue weighted by Crippen LogP contribution is 2.19. The summed E-state index contributed by atoms with van der Waals surface area (Å²) >= 11 is 0. The maximum atomic E-state index is 11.2. The maximum absolute atomic E-state index is 11.2. The van der Waals surface area contributed by atoms with Gasteiger partial charge < -0.3 is 28.4 Å². The first kappa shape index (κ1) is 28.5. The fraction of sp³-hybridized carbons (Fsp3) is 0.417. The Morgan fingerprint density at radius 3 is 2.15 bits per heavy atom. The van der Waals surface area contributed by atoms with Gasteiger partial charge in [0, 0.05) is 44.7 Å². The summed E-state index contributed by atoms with van der Waals surface area (Å²) in [6.07, 6.45) is 10.3. The molecule has 2 aromatic rings. The van der Waals surface area contributed by atoms with Crippen LogP contribution < -0.4 is 9.47 Å². The van der Waals surface area contributed by atoms with Crippen molar-refractivity contribution in [2.45, 2.75) is 26.7 Å². The molecule has 0 aliphatic rings. The number of carbonyl (C=O) groups is 2. The van der Waals surface area contributed by atoms with Crippen molar-refractivity contribution in [3.63, 3.8) is 0 Å². The number of methoxy groups -OCH3 is 2. The monoisotopic (exact) mass is 476 g/mol. The molecule has 34 heavy (non-hydrogen) atoms. The summed E-state index contributed by atoms with van der Waals surface area (Å²) in [5.74, 6) is 0.595. The Balaban J connectivity index is 0.000000340. The molecule has 0 amide bonds. The lowest BCUT2D eigenvalue weighted by Gasteiger charge is -2.09. The van der Waals surface area contributed by atoms with E-state index in [0.29, 0.717) is 37.6 Å². The van der Waals surface area contributed by atoms with Crippen LogP contribution >= 0.6 is 0 Å². The number of nitrogens with zero attached hydrogens (tertiary/aromatic N) is 2. The Labute approximate surface area is 199 Å². The number of rotatable bonds is 13. The van der Waals surface area contributed by atoms with Crippen LogP contribution in [0, 0.1) is 0 Å². The van der Waals surface area contributed by atoms with Gasteiger partial charge in [0.1, 0.15) is 11.5 Å². The number of esters is 2. The Morgan fingerprint density at radius 2 is 1.50 bits per heavy atom. The average molecular weight is 477 g/mol. The van der Waals surface area contributed by atoms with Gasteiger partial charge in [-0.25, -0.2) is 4.79 Å². The Kier molecular flexibility index (Phi) is 15.1. The van der Waals surface area contributed by atoms with E-state index in [1.807, 2.05) is 6.07 Å². The van der Waals surface area contributed by atoms with Crippen LogP contribution in [-0.2, 0) is 35.0 Å². The molecule has 0 spiro atoms. The Hall–Kier alpha value is -3.50. The average Bonchev–Trinajstić information content (AvgIpc) is 2.85. The topological polar surface area (TPSA) is 115 Å². The van der Waals surface area contributed by atoms with Crippen LogP contribution in [-0.4, -0.2) is 62.9 Å². The van der Waals surface area contributed by atoms with Gasteiger partial charge in [-0.1, -0.05) is 0 Å². The SMILES string of the molecule is CCOC(=O)C=Cc1ccncc1OCOC.CCOC(=O)CCc1ccncc1OCOC. The molecule has 186 valence electrons. The minimum Gasteiger partial charge on any atom is -0.466 e. The van der Waals surface area contributed by atoms with E-state index in [-0.39, 0.29) is 25.5 Å². The second-order valence-corrected chi connectivity index (χ2v) is 6.39. The minimum atomic E-state index is -0.387. The van der Waals surface area contributed by atoms with E-state index in [9.17, 15) is 9.59 Å². The van der Waals surface area contributed by atoms with Gasteiger partial charge in [-0.05, 0) is 44.0 Å². The van der Waals surface area contributed by atoms with Crippen molar-refractivity contribution in [3.05, 3.63) is 54.1 Å². The highest BCUT2D eigenvalue weighted by Gasteiger charge is 2.07. The lowest BCUT2D eigenvalue weighted by atomic mass is 10.1. The van der Waals surface area contributed by atoms with E-state index in [0.717, 1.165) is 11.1 Å². The molecule has 0 aliphatic heterocycles. The van der Waals surface area contributed by atoms with Gasteiger partial charge in [-0.15, -0.1) is 0 Å². The van der Waals surface area contributed by atoms with E-state index in [4.69, 9.17) is 28.4 Å². The molecule has 2 rings (SSSR count). The molecule has 2 heterocycles. The highest BCUT2D eigenvalue weighted by molar-refractivity contribution is 5.87. The zero-order valence-corrected chi connectivity index (χ0v) is 20.0. The first-order valence-electron chi connectivity index (χ1n) is 10.7. The van der Waals surface area contributed by atoms with Gasteiger partial charge in [0.25, 0.3) is 0 Å². The number of aryl methyl sites for hydroxylation is 1. The Bertz CT molecular complexity index is 889. The van der Waals surface area contributed by atoms with E-state index in [1.165, 1.54) is 13.2 Å². The summed E-state index contributed by atoms with van der Waals surface area (Å²) in [7, 11) is 3.08. The van der Waals surface area contributed by atoms with Crippen LogP contribution in [0.15, 0.2) is 43.0 Å². The number of hydrogen-bond acceptors (Lipinski definition) is 10. The molecule has 0 saturated carbocycles. The van der Waals surface area contributed by atoms with Gasteiger partial charge in [0.15, 0.2) is 13.6 Å². The van der Waals surface area contributed by atoms with Gasteiger partial charge in [0.05, 0.1) is 25.6 Å². The van der Waals surface area contributed by atoms with Crippen molar-refractivity contribution in [2.75, 3.05) is 41.0 Å². The van der Waals surface area contributed by atoms with Crippen molar-refractivity contribution in [1.82, 2.24) is 9.97 Å². The van der Waals surface area contributed by atoms with Crippen LogP contribution in [0.25, 0.3) is 6.08 Å². The van der Waals surface area contributed by atoms with E-state index < -0.39 is 0 Å². The molecular weight excluding hydrogens is 444 g/mol. The number of aromatic nitrogens is 2. The third-order valence-electron chi connectivity index (χ3n) is 3.94. The zero-order valence-electron chi connectivity index (χ0n) is 20.0. The summed E-state index contributed by atoms with van der Waals surface area (Å²) in [5, 5.41) is 0.